The molecular weight excluding hydrogens is 269 g/mol. The molecule has 0 aliphatic heterocycles. The summed E-state index contributed by atoms with van der Waals surface area (Å²) in [5.74, 6) is 0.0560. The Balaban J connectivity index is 2.26. The number of nitrogen functional groups attached to an aromatic ring is 1. The third-order valence-corrected chi connectivity index (χ3v) is 2.89. The lowest BCUT2D eigenvalue weighted by molar-refractivity contribution is 0.319. The molecule has 0 atom stereocenters. The number of benzene rings is 2. The summed E-state index contributed by atoms with van der Waals surface area (Å²) in [4.78, 5) is 0. The number of hydrogen-bond acceptors (Lipinski definition) is 4. The Labute approximate surface area is 123 Å². The minimum absolute atomic E-state index is 0.0167. The Hall–Kier alpha value is -2.74. The van der Waals surface area contributed by atoms with E-state index in [1.54, 1.807) is 24.3 Å². The summed E-state index contributed by atoms with van der Waals surface area (Å²) < 4.78 is 18.8. The lowest BCUT2D eigenvalue weighted by Gasteiger charge is -2.13. The van der Waals surface area contributed by atoms with Crippen molar-refractivity contribution in [2.45, 2.75) is 13.3 Å². The summed E-state index contributed by atoms with van der Waals surface area (Å²) in [6.07, 6.45) is 0.889. The molecule has 0 amide bonds. The predicted molar refractivity (Wildman–Crippen MR) is 81.0 cm³/mol. The van der Waals surface area contributed by atoms with Crippen LogP contribution in [-0.4, -0.2) is 6.61 Å². The molecule has 0 heterocycles. The molecule has 2 aromatic rings. The molecular formula is C16H16FN3O. The van der Waals surface area contributed by atoms with Crippen molar-refractivity contribution in [1.82, 2.24) is 0 Å². The van der Waals surface area contributed by atoms with Gasteiger partial charge >= 0.3 is 0 Å². The van der Waals surface area contributed by atoms with E-state index in [2.05, 4.69) is 5.32 Å². The molecule has 0 radical (unpaired) electrons. The molecule has 4 nitrogen and oxygen atoms in total. The first kappa shape index (κ1) is 14.7. The molecule has 5 heteroatoms. The van der Waals surface area contributed by atoms with Gasteiger partial charge in [0, 0.05) is 5.69 Å². The molecule has 0 aliphatic rings. The predicted octanol–water partition coefficient (Wildman–Crippen LogP) is 3.81. The van der Waals surface area contributed by atoms with Crippen LogP contribution in [0.1, 0.15) is 18.9 Å². The minimum atomic E-state index is -0.545. The number of anilines is 3. The smallest absolute Gasteiger partial charge is 0.144 e. The van der Waals surface area contributed by atoms with Crippen LogP contribution in [0.4, 0.5) is 21.5 Å². The van der Waals surface area contributed by atoms with Gasteiger partial charge in [0.25, 0.3) is 0 Å². The normalized spacial score (nSPS) is 9.95. The second-order valence-electron chi connectivity index (χ2n) is 4.50. The first-order valence-corrected chi connectivity index (χ1v) is 6.63. The Morgan fingerprint density at radius 1 is 1.33 bits per heavy atom. The Bertz CT molecular complexity index is 680. The molecule has 108 valence electrons. The summed E-state index contributed by atoms with van der Waals surface area (Å²) in [5.41, 5.74) is 7.75. The maximum atomic E-state index is 13.3. The van der Waals surface area contributed by atoms with E-state index in [0.717, 1.165) is 6.42 Å². The maximum Gasteiger partial charge on any atom is 0.144 e. The van der Waals surface area contributed by atoms with Gasteiger partial charge in [0.15, 0.2) is 0 Å². The molecule has 0 bridgehead atoms. The fourth-order valence-electron chi connectivity index (χ4n) is 1.84. The number of hydrogen-bond donors (Lipinski definition) is 2. The zero-order chi connectivity index (χ0) is 15.2. The molecule has 3 N–H and O–H groups in total. The van der Waals surface area contributed by atoms with Crippen LogP contribution in [0, 0.1) is 17.1 Å². The number of nitriles is 1. The topological polar surface area (TPSA) is 71.1 Å². The van der Waals surface area contributed by atoms with Crippen LogP contribution in [0.5, 0.6) is 5.75 Å². The number of nitrogens with zero attached hydrogens (tertiary/aromatic N) is 1. The molecule has 21 heavy (non-hydrogen) atoms. The van der Waals surface area contributed by atoms with Crippen LogP contribution < -0.4 is 15.8 Å². The zero-order valence-corrected chi connectivity index (χ0v) is 11.7. The quantitative estimate of drug-likeness (QED) is 0.819. The standard InChI is InChI=1S/C16H16FN3O/c1-2-8-21-15-5-3-4-14(16(15)19)20-12-6-7-13(17)11(9-12)10-18/h3-7,9,20H,2,8,19H2,1H3. The van der Waals surface area contributed by atoms with Gasteiger partial charge in [-0.3, -0.25) is 0 Å². The fourth-order valence-corrected chi connectivity index (χ4v) is 1.84. The Morgan fingerprint density at radius 2 is 2.14 bits per heavy atom. The summed E-state index contributed by atoms with van der Waals surface area (Å²) >= 11 is 0. The summed E-state index contributed by atoms with van der Waals surface area (Å²) in [7, 11) is 0. The van der Waals surface area contributed by atoms with Gasteiger partial charge in [0.2, 0.25) is 0 Å². The Kier molecular flexibility index (Phi) is 4.62. The first-order valence-electron chi connectivity index (χ1n) is 6.63. The highest BCUT2D eigenvalue weighted by atomic mass is 19.1. The van der Waals surface area contributed by atoms with Gasteiger partial charge < -0.3 is 15.8 Å². The third-order valence-electron chi connectivity index (χ3n) is 2.89. The van der Waals surface area contributed by atoms with Crippen molar-refractivity contribution in [2.75, 3.05) is 17.7 Å². The molecule has 0 aliphatic carbocycles. The number of para-hydroxylation sites is 1. The van der Waals surface area contributed by atoms with Crippen molar-refractivity contribution < 1.29 is 9.13 Å². The van der Waals surface area contributed by atoms with Crippen molar-refractivity contribution in [3.05, 3.63) is 47.8 Å². The Morgan fingerprint density at radius 3 is 2.86 bits per heavy atom. The lowest BCUT2D eigenvalue weighted by Crippen LogP contribution is -2.02. The average Bonchev–Trinajstić information content (AvgIpc) is 2.50. The van der Waals surface area contributed by atoms with Crippen molar-refractivity contribution >= 4 is 17.1 Å². The van der Waals surface area contributed by atoms with Gasteiger partial charge in [-0.15, -0.1) is 0 Å². The van der Waals surface area contributed by atoms with Gasteiger partial charge in [0.1, 0.15) is 17.6 Å². The summed E-state index contributed by atoms with van der Waals surface area (Å²) in [5, 5.41) is 11.9. The van der Waals surface area contributed by atoms with Crippen LogP contribution in [-0.2, 0) is 0 Å². The van der Waals surface area contributed by atoms with Crippen molar-refractivity contribution in [3.8, 4) is 11.8 Å². The van der Waals surface area contributed by atoms with E-state index in [4.69, 9.17) is 15.7 Å². The van der Waals surface area contributed by atoms with Gasteiger partial charge in [-0.1, -0.05) is 13.0 Å². The fraction of sp³-hybridized carbons (Fsp3) is 0.188. The lowest BCUT2D eigenvalue weighted by atomic mass is 10.2. The van der Waals surface area contributed by atoms with E-state index in [0.29, 0.717) is 29.4 Å². The highest BCUT2D eigenvalue weighted by Gasteiger charge is 2.08. The number of nitrogens with one attached hydrogen (secondary N) is 1. The maximum absolute atomic E-state index is 13.3. The summed E-state index contributed by atoms with van der Waals surface area (Å²) in [6.45, 7) is 2.60. The van der Waals surface area contributed by atoms with Gasteiger partial charge in [-0.05, 0) is 36.8 Å². The van der Waals surface area contributed by atoms with E-state index < -0.39 is 5.82 Å². The van der Waals surface area contributed by atoms with Crippen molar-refractivity contribution in [2.24, 2.45) is 0 Å². The van der Waals surface area contributed by atoms with Crippen LogP contribution in [0.15, 0.2) is 36.4 Å². The molecule has 2 aromatic carbocycles. The minimum Gasteiger partial charge on any atom is -0.491 e. The second kappa shape index (κ2) is 6.62. The van der Waals surface area contributed by atoms with E-state index in [1.807, 2.05) is 13.0 Å². The third kappa shape index (κ3) is 3.42. The van der Waals surface area contributed by atoms with E-state index in [9.17, 15) is 4.39 Å². The summed E-state index contributed by atoms with van der Waals surface area (Å²) in [6, 6.07) is 11.4. The van der Waals surface area contributed by atoms with Gasteiger partial charge in [-0.2, -0.15) is 5.26 Å². The van der Waals surface area contributed by atoms with Crippen LogP contribution in [0.2, 0.25) is 0 Å². The van der Waals surface area contributed by atoms with Crippen molar-refractivity contribution in [1.29, 1.82) is 5.26 Å². The van der Waals surface area contributed by atoms with E-state index in [-0.39, 0.29) is 5.56 Å². The number of rotatable bonds is 5. The van der Waals surface area contributed by atoms with Crippen LogP contribution in [0.3, 0.4) is 0 Å². The van der Waals surface area contributed by atoms with Gasteiger partial charge in [-0.25, -0.2) is 4.39 Å². The highest BCUT2D eigenvalue weighted by Crippen LogP contribution is 2.32. The monoisotopic (exact) mass is 285 g/mol. The highest BCUT2D eigenvalue weighted by molar-refractivity contribution is 5.77. The molecule has 0 aromatic heterocycles. The van der Waals surface area contributed by atoms with Crippen LogP contribution in [0.25, 0.3) is 0 Å². The molecule has 0 saturated carbocycles. The molecule has 0 saturated heterocycles. The van der Waals surface area contributed by atoms with E-state index in [1.165, 1.54) is 12.1 Å². The van der Waals surface area contributed by atoms with Crippen molar-refractivity contribution in [3.63, 3.8) is 0 Å². The second-order valence-corrected chi connectivity index (χ2v) is 4.50. The SMILES string of the molecule is CCCOc1cccc(Nc2ccc(F)c(C#N)c2)c1N. The van der Waals surface area contributed by atoms with Gasteiger partial charge in [0.05, 0.1) is 23.5 Å². The molecule has 0 fully saturated rings. The molecule has 2 rings (SSSR count). The van der Waals surface area contributed by atoms with Crippen LogP contribution >= 0.6 is 0 Å². The first-order chi connectivity index (χ1) is 10.2. The molecule has 0 spiro atoms. The number of halogens is 1. The zero-order valence-electron chi connectivity index (χ0n) is 11.7. The largest absolute Gasteiger partial charge is 0.491 e. The molecule has 0 unspecified atom stereocenters. The average molecular weight is 285 g/mol. The number of ether oxygens (including phenoxy) is 1. The number of nitrogens with two attached hydrogens (primary N) is 1. The van der Waals surface area contributed by atoms with E-state index >= 15 is 0 Å².